The van der Waals surface area contributed by atoms with Crippen molar-refractivity contribution in [3.8, 4) is 22.8 Å². The number of benzene rings is 3. The Kier molecular flexibility index (Phi) is 5.14. The van der Waals surface area contributed by atoms with Crippen LogP contribution in [0.25, 0.3) is 22.3 Å². The highest BCUT2D eigenvalue weighted by Crippen LogP contribution is 2.36. The maximum absolute atomic E-state index is 13.2. The summed E-state index contributed by atoms with van der Waals surface area (Å²) in [5.74, 6) is 1.52. The zero-order valence-corrected chi connectivity index (χ0v) is 16.6. The Balaban J connectivity index is 1.85. The average molecular weight is 408 g/mol. The number of carbonyl (C=O) groups is 1. The molecule has 0 bridgehead atoms. The number of amides is 1. The average Bonchev–Trinajstić information content (AvgIpc) is 3.12. The van der Waals surface area contributed by atoms with Gasteiger partial charge in [-0.1, -0.05) is 17.7 Å². The third kappa shape index (κ3) is 3.77. The van der Waals surface area contributed by atoms with Gasteiger partial charge in [0.1, 0.15) is 22.8 Å². The van der Waals surface area contributed by atoms with Crippen molar-refractivity contribution >= 4 is 34.2 Å². The number of fused-ring (bicyclic) bond motifs is 1. The Hall–Kier alpha value is -3.44. The molecule has 29 heavy (non-hydrogen) atoms. The summed E-state index contributed by atoms with van der Waals surface area (Å²) in [6, 6.07) is 19.7. The van der Waals surface area contributed by atoms with Gasteiger partial charge in [0.25, 0.3) is 5.91 Å². The number of ether oxygens (including phenoxy) is 2. The van der Waals surface area contributed by atoms with Crippen LogP contribution < -0.4 is 14.8 Å². The lowest BCUT2D eigenvalue weighted by Gasteiger charge is -2.07. The van der Waals surface area contributed by atoms with Gasteiger partial charge in [-0.05, 0) is 60.7 Å². The zero-order chi connectivity index (χ0) is 20.4. The quantitative estimate of drug-likeness (QED) is 0.439. The molecule has 0 saturated heterocycles. The molecule has 5 nitrogen and oxygen atoms in total. The predicted octanol–water partition coefficient (Wildman–Crippen LogP) is 6.02. The first kappa shape index (κ1) is 18.9. The monoisotopic (exact) mass is 407 g/mol. The van der Waals surface area contributed by atoms with Gasteiger partial charge < -0.3 is 19.2 Å². The van der Waals surface area contributed by atoms with E-state index in [9.17, 15) is 4.79 Å². The first-order valence-corrected chi connectivity index (χ1v) is 9.28. The second-order valence-corrected chi connectivity index (χ2v) is 6.80. The molecule has 146 valence electrons. The van der Waals surface area contributed by atoms with Crippen LogP contribution in [0.15, 0.2) is 71.1 Å². The van der Waals surface area contributed by atoms with E-state index in [-0.39, 0.29) is 5.91 Å². The van der Waals surface area contributed by atoms with Gasteiger partial charge in [0.2, 0.25) is 0 Å². The molecule has 0 saturated carbocycles. The van der Waals surface area contributed by atoms with Gasteiger partial charge in [-0.25, -0.2) is 0 Å². The second-order valence-electron chi connectivity index (χ2n) is 6.36. The van der Waals surface area contributed by atoms with Gasteiger partial charge in [0.05, 0.1) is 19.8 Å². The van der Waals surface area contributed by atoms with Crippen LogP contribution in [0, 0.1) is 0 Å². The first-order valence-electron chi connectivity index (χ1n) is 8.91. The van der Waals surface area contributed by atoms with Crippen molar-refractivity contribution in [3.05, 3.63) is 77.3 Å². The van der Waals surface area contributed by atoms with E-state index in [0.717, 1.165) is 11.3 Å². The molecule has 0 radical (unpaired) electrons. The number of anilines is 1. The SMILES string of the molecule is COc1ccc(-c2oc3ccc(OC)cc3c2C(=O)Nc2cccc(Cl)c2)cc1. The van der Waals surface area contributed by atoms with Crippen molar-refractivity contribution in [2.45, 2.75) is 0 Å². The lowest BCUT2D eigenvalue weighted by atomic mass is 10.0. The number of hydrogen-bond donors (Lipinski definition) is 1. The number of furan rings is 1. The molecule has 0 aliphatic carbocycles. The molecular weight excluding hydrogens is 390 g/mol. The molecule has 1 amide bonds. The molecule has 3 aromatic carbocycles. The molecule has 4 aromatic rings. The van der Waals surface area contributed by atoms with E-state index in [0.29, 0.717) is 38.8 Å². The maximum atomic E-state index is 13.2. The lowest BCUT2D eigenvalue weighted by molar-refractivity contribution is 0.102. The van der Waals surface area contributed by atoms with Crippen LogP contribution >= 0.6 is 11.6 Å². The van der Waals surface area contributed by atoms with Crippen LogP contribution in [-0.4, -0.2) is 20.1 Å². The van der Waals surface area contributed by atoms with Crippen molar-refractivity contribution in [2.75, 3.05) is 19.5 Å². The van der Waals surface area contributed by atoms with Gasteiger partial charge in [-0.2, -0.15) is 0 Å². The van der Waals surface area contributed by atoms with Crippen molar-refractivity contribution in [1.29, 1.82) is 0 Å². The zero-order valence-electron chi connectivity index (χ0n) is 15.9. The Morgan fingerprint density at radius 3 is 2.34 bits per heavy atom. The number of rotatable bonds is 5. The smallest absolute Gasteiger partial charge is 0.260 e. The molecule has 1 N–H and O–H groups in total. The molecule has 1 aromatic heterocycles. The standard InChI is InChI=1S/C23H18ClNO4/c1-27-17-8-6-14(7-9-17)22-21(19-13-18(28-2)10-11-20(19)29-22)23(26)25-16-5-3-4-15(24)12-16/h3-13H,1-2H3,(H,25,26). The molecule has 0 aliphatic heterocycles. The van der Waals surface area contributed by atoms with Gasteiger partial charge >= 0.3 is 0 Å². The van der Waals surface area contributed by atoms with Crippen LogP contribution in [0.5, 0.6) is 11.5 Å². The molecule has 6 heteroatoms. The van der Waals surface area contributed by atoms with Crippen molar-refractivity contribution in [1.82, 2.24) is 0 Å². The Bertz CT molecular complexity index is 1180. The summed E-state index contributed by atoms with van der Waals surface area (Å²) in [5.41, 5.74) is 2.37. The number of nitrogens with one attached hydrogen (secondary N) is 1. The Morgan fingerprint density at radius 1 is 0.931 bits per heavy atom. The predicted molar refractivity (Wildman–Crippen MR) is 114 cm³/mol. The third-order valence-electron chi connectivity index (χ3n) is 4.56. The second kappa shape index (κ2) is 7.89. The normalized spacial score (nSPS) is 10.7. The fourth-order valence-corrected chi connectivity index (χ4v) is 3.32. The largest absolute Gasteiger partial charge is 0.497 e. The maximum Gasteiger partial charge on any atom is 0.260 e. The van der Waals surface area contributed by atoms with Crippen LogP contribution in [0.2, 0.25) is 5.02 Å². The Labute approximate surface area is 172 Å². The molecule has 0 unspecified atom stereocenters. The summed E-state index contributed by atoms with van der Waals surface area (Å²) >= 11 is 6.05. The van der Waals surface area contributed by atoms with E-state index in [1.54, 1.807) is 56.7 Å². The molecule has 4 rings (SSSR count). The van der Waals surface area contributed by atoms with Crippen LogP contribution in [-0.2, 0) is 0 Å². The third-order valence-corrected chi connectivity index (χ3v) is 4.79. The van der Waals surface area contributed by atoms with Gasteiger partial charge in [-0.3, -0.25) is 4.79 Å². The van der Waals surface area contributed by atoms with E-state index in [4.69, 9.17) is 25.5 Å². The minimum Gasteiger partial charge on any atom is -0.497 e. The van der Waals surface area contributed by atoms with Crippen molar-refractivity contribution in [2.24, 2.45) is 0 Å². The van der Waals surface area contributed by atoms with E-state index >= 15 is 0 Å². The van der Waals surface area contributed by atoms with E-state index < -0.39 is 0 Å². The van der Waals surface area contributed by atoms with E-state index in [1.807, 2.05) is 24.3 Å². The van der Waals surface area contributed by atoms with Crippen LogP contribution in [0.4, 0.5) is 5.69 Å². The minimum absolute atomic E-state index is 0.301. The minimum atomic E-state index is -0.301. The van der Waals surface area contributed by atoms with Crippen molar-refractivity contribution in [3.63, 3.8) is 0 Å². The molecule has 0 spiro atoms. The van der Waals surface area contributed by atoms with Gasteiger partial charge in [0.15, 0.2) is 0 Å². The van der Waals surface area contributed by atoms with Crippen LogP contribution in [0.1, 0.15) is 10.4 Å². The number of hydrogen-bond acceptors (Lipinski definition) is 4. The van der Waals surface area contributed by atoms with Gasteiger partial charge in [-0.15, -0.1) is 0 Å². The fraction of sp³-hybridized carbons (Fsp3) is 0.0870. The van der Waals surface area contributed by atoms with E-state index in [1.165, 1.54) is 0 Å². The highest BCUT2D eigenvalue weighted by molar-refractivity contribution is 6.31. The summed E-state index contributed by atoms with van der Waals surface area (Å²) in [6.07, 6.45) is 0. The molecular formula is C23H18ClNO4. The van der Waals surface area contributed by atoms with Gasteiger partial charge in [0, 0.05) is 21.7 Å². The van der Waals surface area contributed by atoms with E-state index in [2.05, 4.69) is 5.32 Å². The number of carbonyl (C=O) groups excluding carboxylic acids is 1. The van der Waals surface area contributed by atoms with Crippen LogP contribution in [0.3, 0.4) is 0 Å². The summed E-state index contributed by atoms with van der Waals surface area (Å²) in [5, 5.41) is 4.10. The topological polar surface area (TPSA) is 60.7 Å². The summed E-state index contributed by atoms with van der Waals surface area (Å²) in [6.45, 7) is 0. The summed E-state index contributed by atoms with van der Waals surface area (Å²) in [7, 11) is 3.18. The fourth-order valence-electron chi connectivity index (χ4n) is 3.13. The lowest BCUT2D eigenvalue weighted by Crippen LogP contribution is -2.12. The first-order chi connectivity index (χ1) is 14.1. The highest BCUT2D eigenvalue weighted by atomic mass is 35.5. The Morgan fingerprint density at radius 2 is 1.66 bits per heavy atom. The van der Waals surface area contributed by atoms with Crippen molar-refractivity contribution < 1.29 is 18.7 Å². The molecule has 1 heterocycles. The number of methoxy groups -OCH3 is 2. The summed E-state index contributed by atoms with van der Waals surface area (Å²) < 4.78 is 16.6. The molecule has 0 atom stereocenters. The molecule has 0 aliphatic rings. The number of halogens is 1. The summed E-state index contributed by atoms with van der Waals surface area (Å²) in [4.78, 5) is 13.2. The molecule has 0 fully saturated rings. The highest BCUT2D eigenvalue weighted by Gasteiger charge is 2.23.